The molecule has 4 rings (SSSR count). The Bertz CT molecular complexity index is 1670. The van der Waals surface area contributed by atoms with Crippen molar-refractivity contribution in [1.82, 2.24) is 10.2 Å². The zero-order valence-electron chi connectivity index (χ0n) is 23.3. The molecular weight excluding hydrogens is 596 g/mol. The van der Waals surface area contributed by atoms with E-state index in [1.54, 1.807) is 43.3 Å². The van der Waals surface area contributed by atoms with E-state index in [1.165, 1.54) is 53.4 Å². The largest absolute Gasteiger partial charge is 0.355 e. The van der Waals surface area contributed by atoms with Crippen molar-refractivity contribution in [3.8, 4) is 0 Å². The molecule has 11 heteroatoms. The maximum atomic E-state index is 14.9. The van der Waals surface area contributed by atoms with E-state index < -0.39 is 46.1 Å². The van der Waals surface area contributed by atoms with E-state index in [4.69, 9.17) is 11.6 Å². The minimum absolute atomic E-state index is 0.0629. The van der Waals surface area contributed by atoms with Gasteiger partial charge in [-0.3, -0.25) is 13.9 Å². The van der Waals surface area contributed by atoms with Crippen LogP contribution in [-0.4, -0.2) is 44.3 Å². The SMILES string of the molecule is CCNC(=O)C(Cc1ccccc1)N(Cc1ccccc1F)C(=O)CN(c1ccc(F)c(Cl)c1)S(=O)(=O)c1ccccc1. The second-order valence-electron chi connectivity index (χ2n) is 9.64. The average Bonchev–Trinajstić information content (AvgIpc) is 3.01. The quantitative estimate of drug-likeness (QED) is 0.222. The smallest absolute Gasteiger partial charge is 0.264 e. The first kappa shape index (κ1) is 31.7. The topological polar surface area (TPSA) is 86.8 Å². The monoisotopic (exact) mass is 625 g/mol. The fraction of sp³-hybridized carbons (Fsp3) is 0.188. The second-order valence-corrected chi connectivity index (χ2v) is 11.9. The molecule has 0 aliphatic carbocycles. The summed E-state index contributed by atoms with van der Waals surface area (Å²) in [7, 11) is -4.38. The van der Waals surface area contributed by atoms with Crippen molar-refractivity contribution in [2.45, 2.75) is 30.8 Å². The van der Waals surface area contributed by atoms with Crippen LogP contribution in [0.5, 0.6) is 0 Å². The number of hydrogen-bond donors (Lipinski definition) is 1. The molecule has 224 valence electrons. The van der Waals surface area contributed by atoms with Crippen LogP contribution in [-0.2, 0) is 32.6 Å². The van der Waals surface area contributed by atoms with Gasteiger partial charge in [-0.05, 0) is 48.9 Å². The Morgan fingerprint density at radius 2 is 1.49 bits per heavy atom. The maximum Gasteiger partial charge on any atom is 0.264 e. The van der Waals surface area contributed by atoms with Gasteiger partial charge in [-0.25, -0.2) is 17.2 Å². The molecule has 43 heavy (non-hydrogen) atoms. The molecule has 7 nitrogen and oxygen atoms in total. The molecule has 0 radical (unpaired) electrons. The minimum atomic E-state index is -4.38. The number of benzene rings is 4. The van der Waals surface area contributed by atoms with Gasteiger partial charge in [0.2, 0.25) is 11.8 Å². The lowest BCUT2D eigenvalue weighted by molar-refractivity contribution is -0.140. The Morgan fingerprint density at radius 1 is 0.860 bits per heavy atom. The fourth-order valence-corrected chi connectivity index (χ4v) is 6.15. The highest BCUT2D eigenvalue weighted by molar-refractivity contribution is 7.92. The van der Waals surface area contributed by atoms with Crippen LogP contribution in [0.3, 0.4) is 0 Å². The molecule has 0 aliphatic heterocycles. The lowest BCUT2D eigenvalue weighted by Gasteiger charge is -2.34. The Hall–Kier alpha value is -4.28. The van der Waals surface area contributed by atoms with Crippen molar-refractivity contribution in [3.05, 3.63) is 131 Å². The van der Waals surface area contributed by atoms with E-state index in [0.717, 1.165) is 22.0 Å². The molecule has 1 unspecified atom stereocenters. The summed E-state index contributed by atoms with van der Waals surface area (Å²) in [5.41, 5.74) is 0.816. The number of anilines is 1. The first-order chi connectivity index (χ1) is 20.6. The van der Waals surface area contributed by atoms with Gasteiger partial charge >= 0.3 is 0 Å². The van der Waals surface area contributed by atoms with Gasteiger partial charge in [0.15, 0.2) is 0 Å². The lowest BCUT2D eigenvalue weighted by Crippen LogP contribution is -2.53. The molecular formula is C32H30ClF2N3O4S. The van der Waals surface area contributed by atoms with E-state index >= 15 is 0 Å². The summed E-state index contributed by atoms with van der Waals surface area (Å²) >= 11 is 6.01. The van der Waals surface area contributed by atoms with Crippen LogP contribution >= 0.6 is 11.6 Å². The van der Waals surface area contributed by atoms with Gasteiger partial charge in [-0.1, -0.05) is 78.3 Å². The number of amides is 2. The summed E-state index contributed by atoms with van der Waals surface area (Å²) in [6, 6.07) is 24.4. The van der Waals surface area contributed by atoms with Crippen molar-refractivity contribution in [1.29, 1.82) is 0 Å². The highest BCUT2D eigenvalue weighted by atomic mass is 35.5. The Kier molecular flexibility index (Phi) is 10.5. The zero-order valence-corrected chi connectivity index (χ0v) is 24.9. The second kappa shape index (κ2) is 14.3. The van der Waals surface area contributed by atoms with Gasteiger partial charge in [0.1, 0.15) is 24.2 Å². The third-order valence-electron chi connectivity index (χ3n) is 6.72. The summed E-state index contributed by atoms with van der Waals surface area (Å²) in [6.07, 6.45) is 0.0840. The van der Waals surface area contributed by atoms with Gasteiger partial charge in [0.25, 0.3) is 10.0 Å². The number of sulfonamides is 1. The van der Waals surface area contributed by atoms with Gasteiger partial charge in [0, 0.05) is 25.1 Å². The molecule has 0 fully saturated rings. The molecule has 0 bridgehead atoms. The van der Waals surface area contributed by atoms with E-state index in [9.17, 15) is 26.8 Å². The van der Waals surface area contributed by atoms with Crippen molar-refractivity contribution in [2.75, 3.05) is 17.4 Å². The van der Waals surface area contributed by atoms with Crippen LogP contribution in [0.4, 0.5) is 14.5 Å². The third kappa shape index (κ3) is 7.77. The average molecular weight is 626 g/mol. The summed E-state index contributed by atoms with van der Waals surface area (Å²) < 4.78 is 57.5. The number of nitrogens with one attached hydrogen (secondary N) is 1. The molecule has 0 spiro atoms. The molecule has 2 amide bonds. The highest BCUT2D eigenvalue weighted by Crippen LogP contribution is 2.28. The molecule has 0 heterocycles. The molecule has 0 aliphatic rings. The van der Waals surface area contributed by atoms with Crippen molar-refractivity contribution >= 4 is 39.1 Å². The standard InChI is InChI=1S/C32H30ClF2N3O4S/c1-2-36-32(40)30(19-23-11-5-3-6-12-23)37(21-24-13-9-10-16-28(24)34)31(39)22-38(25-17-18-29(35)27(33)20-25)43(41,42)26-14-7-4-8-15-26/h3-18,20,30H,2,19,21-22H2,1H3,(H,36,40). The van der Waals surface area contributed by atoms with Crippen LogP contribution in [0.2, 0.25) is 5.02 Å². The van der Waals surface area contributed by atoms with Crippen LogP contribution < -0.4 is 9.62 Å². The predicted octanol–water partition coefficient (Wildman–Crippen LogP) is 5.59. The number of likely N-dealkylation sites (N-methyl/N-ethyl adjacent to an activating group) is 1. The third-order valence-corrected chi connectivity index (χ3v) is 8.80. The van der Waals surface area contributed by atoms with E-state index in [-0.39, 0.29) is 40.7 Å². The number of hydrogen-bond acceptors (Lipinski definition) is 4. The first-order valence-electron chi connectivity index (χ1n) is 13.5. The minimum Gasteiger partial charge on any atom is -0.355 e. The number of halogens is 3. The molecule has 1 atom stereocenters. The summed E-state index contributed by atoms with van der Waals surface area (Å²) in [4.78, 5) is 28.7. The number of carbonyl (C=O) groups excluding carboxylic acids is 2. The molecule has 1 N–H and O–H groups in total. The van der Waals surface area contributed by atoms with E-state index in [1.807, 2.05) is 6.07 Å². The van der Waals surface area contributed by atoms with Crippen LogP contribution in [0.25, 0.3) is 0 Å². The van der Waals surface area contributed by atoms with Gasteiger partial charge in [0.05, 0.1) is 15.6 Å². The van der Waals surface area contributed by atoms with E-state index in [0.29, 0.717) is 0 Å². The van der Waals surface area contributed by atoms with Crippen LogP contribution in [0.15, 0.2) is 108 Å². The number of nitrogens with zero attached hydrogens (tertiary/aromatic N) is 2. The Morgan fingerprint density at radius 3 is 2.12 bits per heavy atom. The van der Waals surface area contributed by atoms with Crippen LogP contribution in [0.1, 0.15) is 18.1 Å². The van der Waals surface area contributed by atoms with Crippen molar-refractivity contribution < 1.29 is 26.8 Å². The Labute approximate surface area is 254 Å². The summed E-state index contributed by atoms with van der Waals surface area (Å²) in [6.45, 7) is 0.906. The molecule has 0 saturated heterocycles. The molecule has 0 saturated carbocycles. The maximum absolute atomic E-state index is 14.9. The van der Waals surface area contributed by atoms with Gasteiger partial charge in [-0.15, -0.1) is 0 Å². The molecule has 0 aromatic heterocycles. The Balaban J connectivity index is 1.81. The van der Waals surface area contributed by atoms with Crippen molar-refractivity contribution in [3.63, 3.8) is 0 Å². The summed E-state index contributed by atoms with van der Waals surface area (Å²) in [5, 5.41) is 2.40. The zero-order chi connectivity index (χ0) is 31.0. The molecule has 4 aromatic rings. The predicted molar refractivity (Wildman–Crippen MR) is 162 cm³/mol. The number of rotatable bonds is 12. The van der Waals surface area contributed by atoms with E-state index in [2.05, 4.69) is 5.32 Å². The first-order valence-corrected chi connectivity index (χ1v) is 15.3. The normalized spacial score (nSPS) is 11.9. The lowest BCUT2D eigenvalue weighted by atomic mass is 10.0. The van der Waals surface area contributed by atoms with Crippen LogP contribution in [0, 0.1) is 11.6 Å². The fourth-order valence-electron chi connectivity index (χ4n) is 4.54. The summed E-state index contributed by atoms with van der Waals surface area (Å²) in [5.74, 6) is -2.63. The van der Waals surface area contributed by atoms with Crippen molar-refractivity contribution in [2.24, 2.45) is 0 Å². The van der Waals surface area contributed by atoms with Gasteiger partial charge in [-0.2, -0.15) is 0 Å². The molecule has 4 aromatic carbocycles. The number of carbonyl (C=O) groups is 2. The van der Waals surface area contributed by atoms with Gasteiger partial charge < -0.3 is 10.2 Å². The highest BCUT2D eigenvalue weighted by Gasteiger charge is 2.35.